The van der Waals surface area contributed by atoms with Crippen molar-refractivity contribution in [2.24, 2.45) is 0 Å². The van der Waals surface area contributed by atoms with Gasteiger partial charge in [0.25, 0.3) is 0 Å². The van der Waals surface area contributed by atoms with Crippen LogP contribution in [0.3, 0.4) is 0 Å². The molecule has 104 valence electrons. The number of para-hydroxylation sites is 1. The molecular formula is C16H18N2OS. The van der Waals surface area contributed by atoms with Gasteiger partial charge in [-0.25, -0.2) is 0 Å². The fourth-order valence-electron chi connectivity index (χ4n) is 1.99. The second-order valence-corrected chi connectivity index (χ2v) is 4.99. The Morgan fingerprint density at radius 1 is 1.00 bits per heavy atom. The molecule has 0 fully saturated rings. The van der Waals surface area contributed by atoms with E-state index >= 15 is 0 Å². The molecule has 20 heavy (non-hydrogen) atoms. The van der Waals surface area contributed by atoms with E-state index in [4.69, 9.17) is 17.0 Å². The fraction of sp³-hybridized carbons (Fsp3) is 0.188. The lowest BCUT2D eigenvalue weighted by atomic mass is 10.1. The average molecular weight is 286 g/mol. The highest BCUT2D eigenvalue weighted by Crippen LogP contribution is 2.21. The number of thiocarbonyl (C=S) groups is 1. The number of aryl methyl sites for hydroxylation is 2. The van der Waals surface area contributed by atoms with Gasteiger partial charge in [0.05, 0.1) is 7.11 Å². The Morgan fingerprint density at radius 3 is 2.30 bits per heavy atom. The van der Waals surface area contributed by atoms with Crippen molar-refractivity contribution in [2.45, 2.75) is 13.8 Å². The van der Waals surface area contributed by atoms with Crippen LogP contribution in [0.2, 0.25) is 0 Å². The molecule has 0 aromatic heterocycles. The highest BCUT2D eigenvalue weighted by atomic mass is 32.1. The summed E-state index contributed by atoms with van der Waals surface area (Å²) in [6, 6.07) is 13.8. The molecule has 0 aliphatic heterocycles. The van der Waals surface area contributed by atoms with E-state index < -0.39 is 0 Å². The van der Waals surface area contributed by atoms with Gasteiger partial charge >= 0.3 is 0 Å². The summed E-state index contributed by atoms with van der Waals surface area (Å²) < 4.78 is 5.19. The molecular weight excluding hydrogens is 268 g/mol. The van der Waals surface area contributed by atoms with Crippen LogP contribution in [-0.4, -0.2) is 12.2 Å². The van der Waals surface area contributed by atoms with E-state index in [1.165, 1.54) is 11.1 Å². The SMILES string of the molecule is COc1cccc(NC(=S)Nc2c(C)cccc2C)c1. The molecule has 2 rings (SSSR count). The van der Waals surface area contributed by atoms with Crippen LogP contribution in [0.15, 0.2) is 42.5 Å². The van der Waals surface area contributed by atoms with E-state index in [9.17, 15) is 0 Å². The molecule has 2 aromatic rings. The molecule has 0 aliphatic rings. The number of hydrogen-bond acceptors (Lipinski definition) is 2. The van der Waals surface area contributed by atoms with E-state index in [0.29, 0.717) is 5.11 Å². The summed E-state index contributed by atoms with van der Waals surface area (Å²) in [7, 11) is 1.65. The van der Waals surface area contributed by atoms with Crippen molar-refractivity contribution >= 4 is 28.7 Å². The Morgan fingerprint density at radius 2 is 1.65 bits per heavy atom. The van der Waals surface area contributed by atoms with Crippen molar-refractivity contribution in [1.29, 1.82) is 0 Å². The molecule has 2 aromatic carbocycles. The topological polar surface area (TPSA) is 33.3 Å². The van der Waals surface area contributed by atoms with Gasteiger partial charge in [0.2, 0.25) is 0 Å². The maximum absolute atomic E-state index is 5.35. The van der Waals surface area contributed by atoms with Gasteiger partial charge in [-0.1, -0.05) is 24.3 Å². The maximum atomic E-state index is 5.35. The summed E-state index contributed by atoms with van der Waals surface area (Å²) in [5.41, 5.74) is 4.28. The largest absolute Gasteiger partial charge is 0.497 e. The molecule has 3 nitrogen and oxygen atoms in total. The number of benzene rings is 2. The van der Waals surface area contributed by atoms with Gasteiger partial charge in [0.1, 0.15) is 5.75 Å². The molecule has 0 amide bonds. The molecule has 0 saturated heterocycles. The van der Waals surface area contributed by atoms with Gasteiger partial charge in [-0.3, -0.25) is 0 Å². The summed E-state index contributed by atoms with van der Waals surface area (Å²) in [6.45, 7) is 4.12. The van der Waals surface area contributed by atoms with E-state index in [1.807, 2.05) is 30.3 Å². The predicted molar refractivity (Wildman–Crippen MR) is 88.8 cm³/mol. The number of rotatable bonds is 3. The van der Waals surface area contributed by atoms with Crippen LogP contribution in [-0.2, 0) is 0 Å². The van der Waals surface area contributed by atoms with Crippen LogP contribution in [0.25, 0.3) is 0 Å². The summed E-state index contributed by atoms with van der Waals surface area (Å²) in [4.78, 5) is 0. The highest BCUT2D eigenvalue weighted by molar-refractivity contribution is 7.80. The van der Waals surface area contributed by atoms with Crippen molar-refractivity contribution in [3.8, 4) is 5.75 Å². The van der Waals surface area contributed by atoms with Crippen molar-refractivity contribution in [2.75, 3.05) is 17.7 Å². The van der Waals surface area contributed by atoms with E-state index in [1.54, 1.807) is 7.11 Å². The Hall–Kier alpha value is -2.07. The average Bonchev–Trinajstić information content (AvgIpc) is 2.43. The van der Waals surface area contributed by atoms with Crippen LogP contribution < -0.4 is 15.4 Å². The van der Waals surface area contributed by atoms with E-state index in [0.717, 1.165) is 17.1 Å². The number of nitrogens with one attached hydrogen (secondary N) is 2. The predicted octanol–water partition coefficient (Wildman–Crippen LogP) is 4.12. The Bertz CT molecular complexity index is 605. The van der Waals surface area contributed by atoms with Crippen LogP contribution >= 0.6 is 12.2 Å². The third kappa shape index (κ3) is 3.48. The molecule has 0 bridgehead atoms. The number of ether oxygens (including phenoxy) is 1. The first kappa shape index (κ1) is 14.3. The van der Waals surface area contributed by atoms with Gasteiger partial charge in [0.15, 0.2) is 5.11 Å². The molecule has 0 heterocycles. The lowest BCUT2D eigenvalue weighted by molar-refractivity contribution is 0.415. The van der Waals surface area contributed by atoms with Gasteiger partial charge in [-0.15, -0.1) is 0 Å². The Kier molecular flexibility index (Phi) is 4.58. The van der Waals surface area contributed by atoms with E-state index in [-0.39, 0.29) is 0 Å². The molecule has 0 radical (unpaired) electrons. The number of anilines is 2. The molecule has 4 heteroatoms. The van der Waals surface area contributed by atoms with Crippen molar-refractivity contribution in [3.63, 3.8) is 0 Å². The minimum Gasteiger partial charge on any atom is -0.497 e. The summed E-state index contributed by atoms with van der Waals surface area (Å²) in [5, 5.41) is 6.97. The first-order chi connectivity index (χ1) is 9.60. The third-order valence-corrected chi connectivity index (χ3v) is 3.25. The van der Waals surface area contributed by atoms with Gasteiger partial charge in [-0.05, 0) is 49.3 Å². The lowest BCUT2D eigenvalue weighted by Gasteiger charge is -2.15. The van der Waals surface area contributed by atoms with Gasteiger partial charge < -0.3 is 15.4 Å². The molecule has 0 unspecified atom stereocenters. The minimum atomic E-state index is 0.565. The van der Waals surface area contributed by atoms with Crippen LogP contribution in [0, 0.1) is 13.8 Å². The Labute approximate surface area is 125 Å². The van der Waals surface area contributed by atoms with Gasteiger partial charge in [0, 0.05) is 17.4 Å². The summed E-state index contributed by atoms with van der Waals surface area (Å²) in [5.74, 6) is 0.796. The van der Waals surface area contributed by atoms with Crippen LogP contribution in [0.4, 0.5) is 11.4 Å². The fourth-order valence-corrected chi connectivity index (χ4v) is 2.21. The zero-order valence-corrected chi connectivity index (χ0v) is 12.7. The number of methoxy groups -OCH3 is 1. The maximum Gasteiger partial charge on any atom is 0.175 e. The zero-order valence-electron chi connectivity index (χ0n) is 11.9. The molecule has 0 atom stereocenters. The van der Waals surface area contributed by atoms with Gasteiger partial charge in [-0.2, -0.15) is 0 Å². The second-order valence-electron chi connectivity index (χ2n) is 4.58. The highest BCUT2D eigenvalue weighted by Gasteiger charge is 2.05. The lowest BCUT2D eigenvalue weighted by Crippen LogP contribution is -2.20. The molecule has 0 saturated carbocycles. The monoisotopic (exact) mass is 286 g/mol. The Balaban J connectivity index is 2.09. The minimum absolute atomic E-state index is 0.565. The smallest absolute Gasteiger partial charge is 0.175 e. The van der Waals surface area contributed by atoms with E-state index in [2.05, 4.69) is 36.6 Å². The normalized spacial score (nSPS) is 9.95. The summed E-state index contributed by atoms with van der Waals surface area (Å²) >= 11 is 5.35. The standard InChI is InChI=1S/C16H18N2OS/c1-11-6-4-7-12(2)15(11)18-16(20)17-13-8-5-9-14(10-13)19-3/h4-10H,1-3H3,(H2,17,18,20). The van der Waals surface area contributed by atoms with Crippen molar-refractivity contribution in [3.05, 3.63) is 53.6 Å². The zero-order chi connectivity index (χ0) is 14.5. The molecule has 0 spiro atoms. The first-order valence-corrected chi connectivity index (χ1v) is 6.79. The quantitative estimate of drug-likeness (QED) is 0.832. The number of hydrogen-bond donors (Lipinski definition) is 2. The molecule has 2 N–H and O–H groups in total. The van der Waals surface area contributed by atoms with Crippen LogP contribution in [0.5, 0.6) is 5.75 Å². The second kappa shape index (κ2) is 6.39. The third-order valence-electron chi connectivity index (χ3n) is 3.05. The first-order valence-electron chi connectivity index (χ1n) is 6.38. The molecule has 0 aliphatic carbocycles. The van der Waals surface area contributed by atoms with Crippen molar-refractivity contribution < 1.29 is 4.74 Å². The van der Waals surface area contributed by atoms with Crippen molar-refractivity contribution in [1.82, 2.24) is 0 Å². The summed E-state index contributed by atoms with van der Waals surface area (Å²) in [6.07, 6.45) is 0. The van der Waals surface area contributed by atoms with Crippen LogP contribution in [0.1, 0.15) is 11.1 Å².